The summed E-state index contributed by atoms with van der Waals surface area (Å²) in [5.41, 5.74) is 6.05. The molecule has 0 aliphatic heterocycles. The van der Waals surface area contributed by atoms with E-state index in [1.807, 2.05) is 0 Å². The van der Waals surface area contributed by atoms with Gasteiger partial charge in [-0.25, -0.2) is 0 Å². The molecular weight excluding hydrogens is 335 g/mol. The summed E-state index contributed by atoms with van der Waals surface area (Å²) < 4.78 is 0. The molecule has 0 aromatic heterocycles. The van der Waals surface area contributed by atoms with Crippen molar-refractivity contribution in [2.24, 2.45) is 0 Å². The zero-order chi connectivity index (χ0) is 8.84. The van der Waals surface area contributed by atoms with Gasteiger partial charge in [-0.3, -0.25) is 0 Å². The van der Waals surface area contributed by atoms with Crippen molar-refractivity contribution >= 4 is 6.08 Å². The predicted molar refractivity (Wildman–Crippen MR) is 55.5 cm³/mol. The Kier molecular flexibility index (Phi) is 2.79. The van der Waals surface area contributed by atoms with Gasteiger partial charge in [0.15, 0.2) is 0 Å². The number of fused-ring (bicyclic) bond motifs is 2. The molecule has 0 heterocycles. The van der Waals surface area contributed by atoms with Gasteiger partial charge in [-0.2, -0.15) is 0 Å². The van der Waals surface area contributed by atoms with E-state index in [1.165, 1.54) is 36.3 Å². The van der Waals surface area contributed by atoms with Crippen molar-refractivity contribution < 1.29 is 25.8 Å². The number of hydrogen-bond donors (Lipinski definition) is 0. The van der Waals surface area contributed by atoms with E-state index in [9.17, 15) is 0 Å². The molecule has 69 valence electrons. The monoisotopic (exact) mass is 349 g/mol. The van der Waals surface area contributed by atoms with Crippen LogP contribution in [0.3, 0.4) is 0 Å². The molecule has 1 aromatic rings. The zero-order valence-corrected chi connectivity index (χ0v) is 12.0. The van der Waals surface area contributed by atoms with Gasteiger partial charge in [-0.1, -0.05) is 31.2 Å². The first-order chi connectivity index (χ1) is 6.34. The van der Waals surface area contributed by atoms with Gasteiger partial charge in [0.1, 0.15) is 0 Å². The molecule has 0 spiro atoms. The Balaban J connectivity index is 0.000000750. The molecule has 0 amide bonds. The van der Waals surface area contributed by atoms with Crippen LogP contribution in [0.25, 0.3) is 6.08 Å². The van der Waals surface area contributed by atoms with E-state index >= 15 is 0 Å². The van der Waals surface area contributed by atoms with E-state index < -0.39 is 0 Å². The summed E-state index contributed by atoms with van der Waals surface area (Å²) in [6.45, 7) is 2.20. The minimum atomic E-state index is 0. The third-order valence-electron chi connectivity index (χ3n) is 3.20. The Labute approximate surface area is 104 Å². The van der Waals surface area contributed by atoms with Gasteiger partial charge in [-0.15, -0.1) is 0 Å². The van der Waals surface area contributed by atoms with E-state index in [-0.39, 0.29) is 25.8 Å². The molecule has 0 unspecified atom stereocenters. The summed E-state index contributed by atoms with van der Waals surface area (Å²) >= 11 is 0. The number of rotatable bonds is 0. The number of aryl methyl sites for hydroxylation is 2. The fourth-order valence-corrected chi connectivity index (χ4v) is 2.43. The van der Waals surface area contributed by atoms with Gasteiger partial charge in [-0.05, 0) is 41.5 Å². The summed E-state index contributed by atoms with van der Waals surface area (Å²) in [5.74, 6) is 1.42. The second-order valence-electron chi connectivity index (χ2n) is 4.08. The molecule has 0 saturated carbocycles. The summed E-state index contributed by atoms with van der Waals surface area (Å²) in [6, 6.07) is 4.78. The molecule has 3 rings (SSSR count). The molecule has 0 atom stereocenters. The molecule has 2 aliphatic carbocycles. The molecule has 0 fully saturated rings. The maximum Gasteiger partial charge on any atom is 0.0242 e. The third kappa shape index (κ3) is 1.46. The normalized spacial score (nSPS) is 17.8. The van der Waals surface area contributed by atoms with Gasteiger partial charge in [0.2, 0.25) is 0 Å². The van der Waals surface area contributed by atoms with Gasteiger partial charge < -0.3 is 0 Å². The van der Waals surface area contributed by atoms with Crippen LogP contribution in [0.5, 0.6) is 0 Å². The SMILES string of the molecule is C[C]1C=Cc2cc3c(cc21)CCC3.[Hf]. The summed E-state index contributed by atoms with van der Waals surface area (Å²) in [7, 11) is 0. The van der Waals surface area contributed by atoms with Crippen molar-refractivity contribution in [3.8, 4) is 0 Å². The van der Waals surface area contributed by atoms with Gasteiger partial charge in [0.05, 0.1) is 0 Å². The molecule has 0 saturated heterocycles. The smallest absolute Gasteiger partial charge is 0.0242 e. The van der Waals surface area contributed by atoms with Crippen molar-refractivity contribution in [2.75, 3.05) is 0 Å². The van der Waals surface area contributed by atoms with E-state index in [2.05, 4.69) is 31.2 Å². The van der Waals surface area contributed by atoms with Gasteiger partial charge in [0.25, 0.3) is 0 Å². The Bertz CT molecular complexity index is 390. The van der Waals surface area contributed by atoms with Crippen LogP contribution >= 0.6 is 0 Å². The molecule has 1 aromatic carbocycles. The van der Waals surface area contributed by atoms with Crippen molar-refractivity contribution in [2.45, 2.75) is 26.2 Å². The van der Waals surface area contributed by atoms with E-state index in [4.69, 9.17) is 0 Å². The zero-order valence-electron chi connectivity index (χ0n) is 8.43. The molecular formula is C13H13Hf. The Morgan fingerprint density at radius 1 is 1.00 bits per heavy atom. The van der Waals surface area contributed by atoms with Crippen LogP contribution in [-0.4, -0.2) is 0 Å². The number of benzene rings is 1. The quantitative estimate of drug-likeness (QED) is 0.633. The fourth-order valence-electron chi connectivity index (χ4n) is 2.43. The van der Waals surface area contributed by atoms with Crippen LogP contribution in [0.2, 0.25) is 0 Å². The maximum atomic E-state index is 2.40. The summed E-state index contributed by atoms with van der Waals surface area (Å²) in [4.78, 5) is 0. The second-order valence-corrected chi connectivity index (χ2v) is 4.08. The molecule has 0 nitrogen and oxygen atoms in total. The molecule has 0 bridgehead atoms. The van der Waals surface area contributed by atoms with Crippen molar-refractivity contribution in [3.63, 3.8) is 0 Å². The molecule has 1 heteroatoms. The fraction of sp³-hybridized carbons (Fsp3) is 0.308. The van der Waals surface area contributed by atoms with Crippen LogP contribution in [0.1, 0.15) is 35.6 Å². The van der Waals surface area contributed by atoms with E-state index in [0.29, 0.717) is 0 Å². The third-order valence-corrected chi connectivity index (χ3v) is 3.20. The minimum absolute atomic E-state index is 0. The molecule has 1 radical (unpaired) electrons. The Morgan fingerprint density at radius 3 is 2.50 bits per heavy atom. The first-order valence-corrected chi connectivity index (χ1v) is 5.02. The average molecular weight is 348 g/mol. The van der Waals surface area contributed by atoms with Crippen LogP contribution in [0.15, 0.2) is 18.2 Å². The van der Waals surface area contributed by atoms with Crippen LogP contribution in [0.4, 0.5) is 0 Å². The van der Waals surface area contributed by atoms with Crippen molar-refractivity contribution in [1.29, 1.82) is 0 Å². The summed E-state index contributed by atoms with van der Waals surface area (Å²) in [5, 5.41) is 0. The second kappa shape index (κ2) is 3.77. The molecule has 2 aliphatic rings. The standard InChI is InChI=1S/C13H13.Hf/c1-9-5-6-12-7-10-3-2-4-11(10)8-13(9)12;/h5-8H,2-4H2,1H3;. The number of allylic oxidation sites excluding steroid dienone is 1. The van der Waals surface area contributed by atoms with E-state index in [1.54, 1.807) is 11.1 Å². The van der Waals surface area contributed by atoms with Crippen LogP contribution in [-0.2, 0) is 38.7 Å². The van der Waals surface area contributed by atoms with Crippen molar-refractivity contribution in [3.05, 3.63) is 46.4 Å². The van der Waals surface area contributed by atoms with Gasteiger partial charge >= 0.3 is 0 Å². The largest absolute Gasteiger partial charge is 0.0724 e. The first-order valence-electron chi connectivity index (χ1n) is 5.02. The van der Waals surface area contributed by atoms with E-state index in [0.717, 1.165) is 0 Å². The van der Waals surface area contributed by atoms with Crippen molar-refractivity contribution in [1.82, 2.24) is 0 Å². The molecule has 14 heavy (non-hydrogen) atoms. The Morgan fingerprint density at radius 2 is 1.71 bits per heavy atom. The minimum Gasteiger partial charge on any atom is -0.0724 e. The maximum absolute atomic E-state index is 2.40. The average Bonchev–Trinajstić information content (AvgIpc) is 2.70. The van der Waals surface area contributed by atoms with Gasteiger partial charge in [0, 0.05) is 31.8 Å². The van der Waals surface area contributed by atoms with Crippen LogP contribution in [0, 0.1) is 5.92 Å². The molecule has 0 N–H and O–H groups in total. The summed E-state index contributed by atoms with van der Waals surface area (Å²) in [6.07, 6.45) is 8.38. The van der Waals surface area contributed by atoms with Crippen LogP contribution < -0.4 is 0 Å². The Hall–Kier alpha value is -0.170. The first kappa shape index (κ1) is 10.4. The number of hydrogen-bond acceptors (Lipinski definition) is 0. The predicted octanol–water partition coefficient (Wildman–Crippen LogP) is 3.14. The topological polar surface area (TPSA) is 0 Å².